The number of thiazole rings is 1. The lowest BCUT2D eigenvalue weighted by Gasteiger charge is -2.02. The zero-order valence-electron chi connectivity index (χ0n) is 11.6. The van der Waals surface area contributed by atoms with Gasteiger partial charge in [0.05, 0.1) is 5.56 Å². The van der Waals surface area contributed by atoms with E-state index in [9.17, 15) is 9.18 Å². The third-order valence-electron chi connectivity index (χ3n) is 3.11. The summed E-state index contributed by atoms with van der Waals surface area (Å²) in [6, 6.07) is 15.9. The fraction of sp³-hybridized carbons (Fsp3) is 0.0588. The van der Waals surface area contributed by atoms with Crippen LogP contribution in [0.1, 0.15) is 20.8 Å². The molecule has 1 N–H and O–H groups in total. The van der Waals surface area contributed by atoms with Crippen molar-refractivity contribution < 1.29 is 9.18 Å². The molecule has 3 aromatic rings. The second kappa shape index (κ2) is 6.49. The SMILES string of the molecule is O=C(Nc1ncc(Cc2ccccc2)s1)c1ccccc1F. The highest BCUT2D eigenvalue weighted by Crippen LogP contribution is 2.22. The van der Waals surface area contributed by atoms with Gasteiger partial charge in [-0.1, -0.05) is 42.5 Å². The molecule has 0 unspecified atom stereocenters. The standard InChI is InChI=1S/C17H13FN2OS/c18-15-9-5-4-8-14(15)16(21)20-17-19-11-13(22-17)10-12-6-2-1-3-7-12/h1-9,11H,10H2,(H,19,20,21). The van der Waals surface area contributed by atoms with E-state index >= 15 is 0 Å². The molecule has 0 fully saturated rings. The average Bonchev–Trinajstić information content (AvgIpc) is 2.95. The van der Waals surface area contributed by atoms with E-state index in [2.05, 4.69) is 10.3 Å². The van der Waals surface area contributed by atoms with Gasteiger partial charge in [-0.2, -0.15) is 0 Å². The van der Waals surface area contributed by atoms with Crippen LogP contribution in [0.25, 0.3) is 0 Å². The van der Waals surface area contributed by atoms with E-state index in [4.69, 9.17) is 0 Å². The molecule has 3 nitrogen and oxygen atoms in total. The van der Waals surface area contributed by atoms with Crippen molar-refractivity contribution in [3.63, 3.8) is 0 Å². The monoisotopic (exact) mass is 312 g/mol. The molecule has 0 radical (unpaired) electrons. The van der Waals surface area contributed by atoms with E-state index in [1.807, 2.05) is 30.3 Å². The number of carbonyl (C=O) groups excluding carboxylic acids is 1. The van der Waals surface area contributed by atoms with Crippen LogP contribution >= 0.6 is 11.3 Å². The van der Waals surface area contributed by atoms with Crippen molar-refractivity contribution >= 4 is 22.4 Å². The molecule has 22 heavy (non-hydrogen) atoms. The normalized spacial score (nSPS) is 10.4. The lowest BCUT2D eigenvalue weighted by Crippen LogP contribution is -2.13. The van der Waals surface area contributed by atoms with Crippen molar-refractivity contribution in [3.8, 4) is 0 Å². The Balaban J connectivity index is 1.69. The highest BCUT2D eigenvalue weighted by atomic mass is 32.1. The summed E-state index contributed by atoms with van der Waals surface area (Å²) >= 11 is 1.39. The molecular weight excluding hydrogens is 299 g/mol. The highest BCUT2D eigenvalue weighted by molar-refractivity contribution is 7.15. The summed E-state index contributed by atoms with van der Waals surface area (Å²) in [5.74, 6) is -1.03. The molecule has 0 aliphatic rings. The first kappa shape index (κ1) is 14.4. The number of amides is 1. The number of rotatable bonds is 4. The van der Waals surface area contributed by atoms with Crippen molar-refractivity contribution in [1.82, 2.24) is 4.98 Å². The summed E-state index contributed by atoms with van der Waals surface area (Å²) in [4.78, 5) is 17.2. The van der Waals surface area contributed by atoms with Crippen LogP contribution in [-0.4, -0.2) is 10.9 Å². The number of nitrogens with one attached hydrogen (secondary N) is 1. The number of hydrogen-bond donors (Lipinski definition) is 1. The average molecular weight is 312 g/mol. The Kier molecular flexibility index (Phi) is 4.25. The third kappa shape index (κ3) is 3.38. The molecule has 0 saturated carbocycles. The third-order valence-corrected chi connectivity index (χ3v) is 4.03. The first-order valence-corrected chi connectivity index (χ1v) is 7.58. The van der Waals surface area contributed by atoms with Crippen LogP contribution in [0.4, 0.5) is 9.52 Å². The van der Waals surface area contributed by atoms with Crippen LogP contribution in [0.3, 0.4) is 0 Å². The van der Waals surface area contributed by atoms with Gasteiger partial charge in [0.2, 0.25) is 0 Å². The molecule has 5 heteroatoms. The molecule has 110 valence electrons. The smallest absolute Gasteiger partial charge is 0.260 e. The number of anilines is 1. The lowest BCUT2D eigenvalue weighted by molar-refractivity contribution is 0.102. The first-order valence-electron chi connectivity index (χ1n) is 6.77. The lowest BCUT2D eigenvalue weighted by atomic mass is 10.1. The van der Waals surface area contributed by atoms with Crippen LogP contribution in [0, 0.1) is 5.82 Å². The fourth-order valence-corrected chi connectivity index (χ4v) is 2.90. The first-order chi connectivity index (χ1) is 10.7. The van der Waals surface area contributed by atoms with Gasteiger partial charge in [-0.3, -0.25) is 10.1 Å². The van der Waals surface area contributed by atoms with E-state index in [1.165, 1.54) is 29.0 Å². The summed E-state index contributed by atoms with van der Waals surface area (Å²) in [6.45, 7) is 0. The van der Waals surface area contributed by atoms with E-state index in [0.717, 1.165) is 11.3 Å². The molecule has 0 bridgehead atoms. The predicted molar refractivity (Wildman–Crippen MR) is 85.7 cm³/mol. The summed E-state index contributed by atoms with van der Waals surface area (Å²) in [6.07, 6.45) is 2.49. The van der Waals surface area contributed by atoms with Gasteiger partial charge in [-0.25, -0.2) is 9.37 Å². The van der Waals surface area contributed by atoms with Gasteiger partial charge in [0.15, 0.2) is 5.13 Å². The molecule has 3 rings (SSSR count). The van der Waals surface area contributed by atoms with Gasteiger partial charge in [0.1, 0.15) is 5.82 Å². The van der Waals surface area contributed by atoms with Crippen LogP contribution in [-0.2, 0) is 6.42 Å². The Morgan fingerprint density at radius 3 is 2.59 bits per heavy atom. The maximum Gasteiger partial charge on any atom is 0.260 e. The minimum Gasteiger partial charge on any atom is -0.298 e. The molecule has 0 aliphatic heterocycles. The topological polar surface area (TPSA) is 42.0 Å². The number of halogens is 1. The number of nitrogens with zero attached hydrogens (tertiary/aromatic N) is 1. The Morgan fingerprint density at radius 1 is 1.09 bits per heavy atom. The van der Waals surface area contributed by atoms with Crippen LogP contribution < -0.4 is 5.32 Å². The van der Waals surface area contributed by atoms with Crippen LogP contribution in [0.2, 0.25) is 0 Å². The van der Waals surface area contributed by atoms with E-state index in [-0.39, 0.29) is 5.56 Å². The zero-order valence-corrected chi connectivity index (χ0v) is 12.4. The fourth-order valence-electron chi connectivity index (χ4n) is 2.05. The molecular formula is C17H13FN2OS. The van der Waals surface area contributed by atoms with Crippen molar-refractivity contribution in [3.05, 3.63) is 82.6 Å². The van der Waals surface area contributed by atoms with E-state index in [1.54, 1.807) is 18.3 Å². The minimum atomic E-state index is -0.541. The van der Waals surface area contributed by atoms with Gasteiger partial charge in [-0.15, -0.1) is 11.3 Å². The van der Waals surface area contributed by atoms with Gasteiger partial charge in [0, 0.05) is 17.5 Å². The number of hydrogen-bond acceptors (Lipinski definition) is 3. The molecule has 2 aromatic carbocycles. The zero-order chi connectivity index (χ0) is 15.4. The van der Waals surface area contributed by atoms with Crippen molar-refractivity contribution in [2.45, 2.75) is 6.42 Å². The number of carbonyl (C=O) groups is 1. The maximum absolute atomic E-state index is 13.6. The maximum atomic E-state index is 13.6. The molecule has 0 saturated heterocycles. The number of aromatic nitrogens is 1. The van der Waals surface area contributed by atoms with E-state index < -0.39 is 11.7 Å². The van der Waals surface area contributed by atoms with E-state index in [0.29, 0.717) is 5.13 Å². The van der Waals surface area contributed by atoms with Crippen molar-refractivity contribution in [1.29, 1.82) is 0 Å². The Morgan fingerprint density at radius 2 is 1.82 bits per heavy atom. The van der Waals surface area contributed by atoms with Gasteiger partial charge >= 0.3 is 0 Å². The summed E-state index contributed by atoms with van der Waals surface area (Å²) in [5, 5.41) is 3.11. The summed E-state index contributed by atoms with van der Waals surface area (Å²) < 4.78 is 13.6. The molecule has 0 atom stereocenters. The van der Waals surface area contributed by atoms with Crippen LogP contribution in [0.15, 0.2) is 60.8 Å². The Labute approximate surface area is 131 Å². The van der Waals surface area contributed by atoms with Gasteiger partial charge in [0.25, 0.3) is 5.91 Å². The molecule has 0 aliphatic carbocycles. The van der Waals surface area contributed by atoms with Crippen molar-refractivity contribution in [2.24, 2.45) is 0 Å². The van der Waals surface area contributed by atoms with Gasteiger partial charge in [-0.05, 0) is 17.7 Å². The van der Waals surface area contributed by atoms with Crippen LogP contribution in [0.5, 0.6) is 0 Å². The number of benzene rings is 2. The minimum absolute atomic E-state index is 0.0160. The highest BCUT2D eigenvalue weighted by Gasteiger charge is 2.13. The molecule has 1 amide bonds. The Hall–Kier alpha value is -2.53. The molecule has 1 heterocycles. The second-order valence-electron chi connectivity index (χ2n) is 4.73. The second-order valence-corrected chi connectivity index (χ2v) is 5.84. The van der Waals surface area contributed by atoms with Gasteiger partial charge < -0.3 is 0 Å². The Bertz CT molecular complexity index is 786. The predicted octanol–water partition coefficient (Wildman–Crippen LogP) is 4.13. The quantitative estimate of drug-likeness (QED) is 0.787. The summed E-state index contributed by atoms with van der Waals surface area (Å²) in [5.41, 5.74) is 1.19. The molecule has 0 spiro atoms. The largest absolute Gasteiger partial charge is 0.298 e. The van der Waals surface area contributed by atoms with Crippen molar-refractivity contribution in [2.75, 3.05) is 5.32 Å². The molecule has 1 aromatic heterocycles. The summed E-state index contributed by atoms with van der Waals surface area (Å²) in [7, 11) is 0.